The minimum Gasteiger partial charge on any atom is -0.392 e. The highest BCUT2D eigenvalue weighted by Crippen LogP contribution is 2.19. The van der Waals surface area contributed by atoms with E-state index >= 15 is 0 Å². The molecule has 0 fully saturated rings. The van der Waals surface area contributed by atoms with Crippen LogP contribution in [0.15, 0.2) is 0 Å². The van der Waals surface area contributed by atoms with Crippen LogP contribution in [0, 0.1) is 6.92 Å². The minimum atomic E-state index is -0.306. The van der Waals surface area contributed by atoms with Gasteiger partial charge in [-0.25, -0.2) is 0 Å². The molecule has 1 unspecified atom stereocenters. The molecule has 0 radical (unpaired) electrons. The van der Waals surface area contributed by atoms with Crippen molar-refractivity contribution in [3.05, 3.63) is 11.3 Å². The fraction of sp³-hybridized carbons (Fsp3) is 0.727. The Bertz CT molecular complexity index is 346. The Balaban J connectivity index is 2.79. The summed E-state index contributed by atoms with van der Waals surface area (Å²) in [6, 6.07) is 0. The van der Waals surface area contributed by atoms with Crippen molar-refractivity contribution in [3.8, 4) is 0 Å². The highest BCUT2D eigenvalue weighted by atomic mass is 16.3. The second-order valence-corrected chi connectivity index (χ2v) is 4.33. The van der Waals surface area contributed by atoms with Crippen molar-refractivity contribution in [2.24, 2.45) is 7.05 Å². The Morgan fingerprint density at radius 3 is 2.69 bits per heavy atom. The van der Waals surface area contributed by atoms with Gasteiger partial charge in [-0.1, -0.05) is 0 Å². The molecular weight excluding hydrogens is 204 g/mol. The van der Waals surface area contributed by atoms with Crippen LogP contribution in [0.25, 0.3) is 0 Å². The number of aliphatic hydroxyl groups is 1. The number of aliphatic hydroxyl groups excluding tert-OH is 1. The molecule has 0 aliphatic carbocycles. The molecule has 0 saturated heterocycles. The number of aromatic nitrogens is 2. The number of rotatable bonds is 5. The molecule has 16 heavy (non-hydrogen) atoms. The normalized spacial score (nSPS) is 13.2. The summed E-state index contributed by atoms with van der Waals surface area (Å²) in [7, 11) is 5.82. The molecule has 1 aromatic rings. The molecule has 1 rings (SSSR count). The van der Waals surface area contributed by atoms with Gasteiger partial charge in [0.25, 0.3) is 0 Å². The number of hydrogen-bond acceptors (Lipinski definition) is 4. The first-order valence-electron chi connectivity index (χ1n) is 5.52. The number of likely N-dealkylation sites (N-methyl/N-ethyl adjacent to an activating group) is 1. The first kappa shape index (κ1) is 13.0. The van der Waals surface area contributed by atoms with Crippen LogP contribution in [0.5, 0.6) is 0 Å². The van der Waals surface area contributed by atoms with Crippen LogP contribution in [0.3, 0.4) is 0 Å². The summed E-state index contributed by atoms with van der Waals surface area (Å²) < 4.78 is 1.85. The Morgan fingerprint density at radius 2 is 2.19 bits per heavy atom. The van der Waals surface area contributed by atoms with Crippen LogP contribution < -0.4 is 5.32 Å². The predicted molar refractivity (Wildman–Crippen MR) is 65.5 cm³/mol. The van der Waals surface area contributed by atoms with Crippen molar-refractivity contribution in [2.45, 2.75) is 26.5 Å². The fourth-order valence-corrected chi connectivity index (χ4v) is 1.99. The van der Waals surface area contributed by atoms with E-state index < -0.39 is 0 Å². The fourth-order valence-electron chi connectivity index (χ4n) is 1.99. The zero-order chi connectivity index (χ0) is 12.3. The molecule has 0 aromatic carbocycles. The van der Waals surface area contributed by atoms with E-state index in [-0.39, 0.29) is 6.10 Å². The first-order chi connectivity index (χ1) is 7.45. The highest BCUT2D eigenvalue weighted by Gasteiger charge is 2.14. The third-order valence-electron chi connectivity index (χ3n) is 2.59. The van der Waals surface area contributed by atoms with E-state index in [1.807, 2.05) is 32.7 Å². The maximum atomic E-state index is 9.32. The maximum absolute atomic E-state index is 9.32. The smallest absolute Gasteiger partial charge is 0.128 e. The van der Waals surface area contributed by atoms with Gasteiger partial charge in [0.05, 0.1) is 11.8 Å². The Kier molecular flexibility index (Phi) is 4.32. The molecule has 0 aliphatic rings. The van der Waals surface area contributed by atoms with Gasteiger partial charge in [0.1, 0.15) is 5.82 Å². The van der Waals surface area contributed by atoms with Crippen molar-refractivity contribution in [1.82, 2.24) is 14.7 Å². The zero-order valence-corrected chi connectivity index (χ0v) is 10.8. The van der Waals surface area contributed by atoms with Crippen LogP contribution in [-0.2, 0) is 13.6 Å². The van der Waals surface area contributed by atoms with E-state index in [0.29, 0.717) is 6.54 Å². The van der Waals surface area contributed by atoms with Crippen LogP contribution >= 0.6 is 0 Å². The maximum Gasteiger partial charge on any atom is 0.128 e. The van der Waals surface area contributed by atoms with E-state index in [4.69, 9.17) is 0 Å². The molecule has 1 atom stereocenters. The van der Waals surface area contributed by atoms with E-state index in [0.717, 1.165) is 18.1 Å². The summed E-state index contributed by atoms with van der Waals surface area (Å²) in [5, 5.41) is 16.9. The van der Waals surface area contributed by atoms with Crippen molar-refractivity contribution in [1.29, 1.82) is 0 Å². The van der Waals surface area contributed by atoms with Gasteiger partial charge in [-0.15, -0.1) is 0 Å². The molecule has 5 nitrogen and oxygen atoms in total. The SMILES string of the molecule is CNc1c(CN(C)CC(C)O)c(C)nn1C. The summed E-state index contributed by atoms with van der Waals surface area (Å²) >= 11 is 0. The number of anilines is 1. The monoisotopic (exact) mass is 226 g/mol. The average molecular weight is 226 g/mol. The lowest BCUT2D eigenvalue weighted by Gasteiger charge is -2.18. The van der Waals surface area contributed by atoms with Crippen LogP contribution in [-0.4, -0.2) is 46.5 Å². The molecule has 0 saturated carbocycles. The molecule has 5 heteroatoms. The molecular formula is C11H22N4O. The third-order valence-corrected chi connectivity index (χ3v) is 2.59. The zero-order valence-electron chi connectivity index (χ0n) is 10.8. The number of nitrogens with one attached hydrogen (secondary N) is 1. The molecule has 92 valence electrons. The lowest BCUT2D eigenvalue weighted by Crippen LogP contribution is -2.27. The quantitative estimate of drug-likeness (QED) is 0.771. The van der Waals surface area contributed by atoms with Crippen LogP contribution in [0.2, 0.25) is 0 Å². The van der Waals surface area contributed by atoms with E-state index in [2.05, 4.69) is 15.3 Å². The van der Waals surface area contributed by atoms with Crippen molar-refractivity contribution in [3.63, 3.8) is 0 Å². The van der Waals surface area contributed by atoms with Gasteiger partial charge in [-0.05, 0) is 20.9 Å². The summed E-state index contributed by atoms with van der Waals surface area (Å²) in [6.07, 6.45) is -0.306. The predicted octanol–water partition coefficient (Wildman–Crippen LogP) is 0.583. The van der Waals surface area contributed by atoms with Gasteiger partial charge < -0.3 is 10.4 Å². The topological polar surface area (TPSA) is 53.3 Å². The summed E-state index contributed by atoms with van der Waals surface area (Å²) in [6.45, 7) is 5.26. The molecule has 0 amide bonds. The highest BCUT2D eigenvalue weighted by molar-refractivity contribution is 5.46. The number of nitrogens with zero attached hydrogens (tertiary/aromatic N) is 3. The number of hydrogen-bond donors (Lipinski definition) is 2. The summed E-state index contributed by atoms with van der Waals surface area (Å²) in [4.78, 5) is 2.09. The van der Waals surface area contributed by atoms with Crippen LogP contribution in [0.4, 0.5) is 5.82 Å². The van der Waals surface area contributed by atoms with Crippen molar-refractivity contribution < 1.29 is 5.11 Å². The van der Waals surface area contributed by atoms with E-state index in [9.17, 15) is 5.11 Å². The molecule has 1 heterocycles. The summed E-state index contributed by atoms with van der Waals surface area (Å²) in [5.41, 5.74) is 2.22. The van der Waals surface area contributed by atoms with Gasteiger partial charge in [0.15, 0.2) is 0 Å². The Hall–Kier alpha value is -1.07. The molecule has 0 aliphatic heterocycles. The third kappa shape index (κ3) is 2.96. The Labute approximate surface area is 97.1 Å². The van der Waals surface area contributed by atoms with Gasteiger partial charge >= 0.3 is 0 Å². The summed E-state index contributed by atoms with van der Waals surface area (Å²) in [5.74, 6) is 1.04. The second-order valence-electron chi connectivity index (χ2n) is 4.33. The van der Waals surface area contributed by atoms with Crippen molar-refractivity contribution >= 4 is 5.82 Å². The van der Waals surface area contributed by atoms with Gasteiger partial charge in [-0.2, -0.15) is 5.10 Å². The van der Waals surface area contributed by atoms with Crippen LogP contribution in [0.1, 0.15) is 18.2 Å². The standard InChI is InChI=1S/C11H22N4O/c1-8(16)6-14(4)7-10-9(2)13-15(5)11(10)12-3/h8,12,16H,6-7H2,1-5H3. The lowest BCUT2D eigenvalue weighted by atomic mass is 10.2. The molecule has 2 N–H and O–H groups in total. The largest absolute Gasteiger partial charge is 0.392 e. The minimum absolute atomic E-state index is 0.306. The Morgan fingerprint density at radius 1 is 1.56 bits per heavy atom. The van der Waals surface area contributed by atoms with Gasteiger partial charge in [0.2, 0.25) is 0 Å². The molecule has 1 aromatic heterocycles. The molecule has 0 spiro atoms. The second kappa shape index (κ2) is 5.32. The first-order valence-corrected chi connectivity index (χ1v) is 5.52. The van der Waals surface area contributed by atoms with Gasteiger partial charge in [0, 0.05) is 32.7 Å². The van der Waals surface area contributed by atoms with Crippen molar-refractivity contribution in [2.75, 3.05) is 26.0 Å². The number of aryl methyl sites for hydroxylation is 2. The molecule has 0 bridgehead atoms. The van der Waals surface area contributed by atoms with E-state index in [1.165, 1.54) is 5.56 Å². The average Bonchev–Trinajstić information content (AvgIpc) is 2.40. The lowest BCUT2D eigenvalue weighted by molar-refractivity contribution is 0.138. The van der Waals surface area contributed by atoms with Gasteiger partial charge in [-0.3, -0.25) is 9.58 Å². The van der Waals surface area contributed by atoms with E-state index in [1.54, 1.807) is 6.92 Å².